The van der Waals surface area contributed by atoms with Crippen molar-refractivity contribution in [1.82, 2.24) is 5.32 Å². The monoisotopic (exact) mass is 296 g/mol. The Labute approximate surface area is 130 Å². The van der Waals surface area contributed by atoms with Gasteiger partial charge in [-0.1, -0.05) is 24.3 Å². The van der Waals surface area contributed by atoms with Crippen molar-refractivity contribution in [2.45, 2.75) is 19.8 Å². The van der Waals surface area contributed by atoms with Gasteiger partial charge in [0, 0.05) is 6.54 Å². The molecular formula is C18H20N2O2. The summed E-state index contributed by atoms with van der Waals surface area (Å²) in [5, 5.41) is 5.74. The van der Waals surface area contributed by atoms with Crippen molar-refractivity contribution < 1.29 is 9.53 Å². The van der Waals surface area contributed by atoms with Gasteiger partial charge in [0.15, 0.2) is 5.75 Å². The van der Waals surface area contributed by atoms with Crippen molar-refractivity contribution in [2.24, 2.45) is 5.92 Å². The number of carbonyl (C=O) groups is 1. The second-order valence-electron chi connectivity index (χ2n) is 5.69. The van der Waals surface area contributed by atoms with Gasteiger partial charge in [0.05, 0.1) is 5.69 Å². The van der Waals surface area contributed by atoms with Crippen LogP contribution in [0.2, 0.25) is 0 Å². The molecule has 1 fully saturated rings. The van der Waals surface area contributed by atoms with Crippen LogP contribution in [0, 0.1) is 12.8 Å². The van der Waals surface area contributed by atoms with Gasteiger partial charge in [0.25, 0.3) is 0 Å². The van der Waals surface area contributed by atoms with E-state index in [0.717, 1.165) is 17.9 Å². The minimum Gasteiger partial charge on any atom is -0.455 e. The summed E-state index contributed by atoms with van der Waals surface area (Å²) in [5.41, 5.74) is 1.79. The Balaban J connectivity index is 1.67. The Morgan fingerprint density at radius 1 is 1.18 bits per heavy atom. The third kappa shape index (κ3) is 4.01. The van der Waals surface area contributed by atoms with Crippen LogP contribution in [0.15, 0.2) is 48.5 Å². The first kappa shape index (κ1) is 14.4. The van der Waals surface area contributed by atoms with Crippen molar-refractivity contribution >= 4 is 11.7 Å². The number of aryl methyl sites for hydroxylation is 1. The minimum absolute atomic E-state index is 0.188. The van der Waals surface area contributed by atoms with Crippen LogP contribution in [0.1, 0.15) is 18.4 Å². The average Bonchev–Trinajstić information content (AvgIpc) is 3.32. The summed E-state index contributed by atoms with van der Waals surface area (Å²) >= 11 is 0. The fourth-order valence-corrected chi connectivity index (χ4v) is 2.19. The van der Waals surface area contributed by atoms with E-state index < -0.39 is 0 Å². The van der Waals surface area contributed by atoms with Gasteiger partial charge in [-0.15, -0.1) is 0 Å². The molecule has 114 valence electrons. The normalized spacial score (nSPS) is 13.5. The summed E-state index contributed by atoms with van der Waals surface area (Å²) in [7, 11) is 0. The van der Waals surface area contributed by atoms with E-state index in [9.17, 15) is 4.79 Å². The Bertz CT molecular complexity index is 666. The molecule has 1 saturated carbocycles. The Morgan fingerprint density at radius 3 is 2.77 bits per heavy atom. The molecule has 0 heterocycles. The van der Waals surface area contributed by atoms with Gasteiger partial charge in [-0.2, -0.15) is 0 Å². The number of para-hydroxylation sites is 2. The number of amides is 2. The van der Waals surface area contributed by atoms with E-state index in [0.29, 0.717) is 17.4 Å². The Hall–Kier alpha value is -2.49. The predicted molar refractivity (Wildman–Crippen MR) is 87.4 cm³/mol. The van der Waals surface area contributed by atoms with Crippen molar-refractivity contribution in [1.29, 1.82) is 0 Å². The molecule has 0 unspecified atom stereocenters. The lowest BCUT2D eigenvalue weighted by molar-refractivity contribution is 0.251. The molecule has 1 aliphatic carbocycles. The highest BCUT2D eigenvalue weighted by atomic mass is 16.5. The highest BCUT2D eigenvalue weighted by molar-refractivity contribution is 5.90. The molecule has 1 aliphatic rings. The van der Waals surface area contributed by atoms with Gasteiger partial charge in [-0.3, -0.25) is 0 Å². The summed E-state index contributed by atoms with van der Waals surface area (Å²) in [4.78, 5) is 11.9. The number of rotatable bonds is 5. The number of hydrogen-bond acceptors (Lipinski definition) is 2. The molecule has 4 heteroatoms. The molecule has 0 atom stereocenters. The SMILES string of the molecule is Cc1cccc(Oc2ccccc2NC(=O)NCC2CC2)c1. The number of anilines is 1. The van der Waals surface area contributed by atoms with Gasteiger partial charge in [0.1, 0.15) is 5.75 Å². The summed E-state index contributed by atoms with van der Waals surface area (Å²) in [6, 6.07) is 15.1. The molecular weight excluding hydrogens is 276 g/mol. The van der Waals surface area contributed by atoms with E-state index in [1.165, 1.54) is 12.8 Å². The Kier molecular flexibility index (Phi) is 4.28. The van der Waals surface area contributed by atoms with Gasteiger partial charge in [0.2, 0.25) is 0 Å². The molecule has 4 nitrogen and oxygen atoms in total. The smallest absolute Gasteiger partial charge is 0.319 e. The summed E-state index contributed by atoms with van der Waals surface area (Å²) in [5.74, 6) is 2.05. The van der Waals surface area contributed by atoms with E-state index in [4.69, 9.17) is 4.74 Å². The lowest BCUT2D eigenvalue weighted by atomic mass is 10.2. The van der Waals surface area contributed by atoms with Crippen LogP contribution in [0.3, 0.4) is 0 Å². The van der Waals surface area contributed by atoms with Gasteiger partial charge in [-0.25, -0.2) is 4.79 Å². The van der Waals surface area contributed by atoms with Crippen molar-refractivity contribution in [3.8, 4) is 11.5 Å². The molecule has 0 saturated heterocycles. The molecule has 0 aliphatic heterocycles. The average molecular weight is 296 g/mol. The zero-order valence-electron chi connectivity index (χ0n) is 12.6. The van der Waals surface area contributed by atoms with E-state index >= 15 is 0 Å². The number of nitrogens with one attached hydrogen (secondary N) is 2. The highest BCUT2D eigenvalue weighted by Gasteiger charge is 2.21. The molecule has 0 aromatic heterocycles. The van der Waals surface area contributed by atoms with Gasteiger partial charge < -0.3 is 15.4 Å². The molecule has 2 aromatic carbocycles. The summed E-state index contributed by atoms with van der Waals surface area (Å²) in [6.07, 6.45) is 2.43. The maximum Gasteiger partial charge on any atom is 0.319 e. The highest BCUT2D eigenvalue weighted by Crippen LogP contribution is 2.30. The maximum atomic E-state index is 11.9. The van der Waals surface area contributed by atoms with Crippen LogP contribution in [0.25, 0.3) is 0 Å². The lowest BCUT2D eigenvalue weighted by Crippen LogP contribution is -2.30. The lowest BCUT2D eigenvalue weighted by Gasteiger charge is -2.13. The Morgan fingerprint density at radius 2 is 2.00 bits per heavy atom. The second-order valence-corrected chi connectivity index (χ2v) is 5.69. The quantitative estimate of drug-likeness (QED) is 0.863. The van der Waals surface area contributed by atoms with Gasteiger partial charge in [-0.05, 0) is 55.5 Å². The van der Waals surface area contributed by atoms with Crippen molar-refractivity contribution in [3.63, 3.8) is 0 Å². The summed E-state index contributed by atoms with van der Waals surface area (Å²) in [6.45, 7) is 2.76. The van der Waals surface area contributed by atoms with E-state index in [2.05, 4.69) is 10.6 Å². The van der Waals surface area contributed by atoms with Crippen LogP contribution in [-0.2, 0) is 0 Å². The first-order valence-electron chi connectivity index (χ1n) is 7.59. The van der Waals surface area contributed by atoms with Gasteiger partial charge >= 0.3 is 6.03 Å². The van der Waals surface area contributed by atoms with Crippen molar-refractivity contribution in [3.05, 3.63) is 54.1 Å². The minimum atomic E-state index is -0.188. The molecule has 3 rings (SSSR count). The van der Waals surface area contributed by atoms with E-state index in [1.54, 1.807) is 0 Å². The first-order valence-corrected chi connectivity index (χ1v) is 7.59. The summed E-state index contributed by atoms with van der Waals surface area (Å²) < 4.78 is 5.89. The molecule has 0 radical (unpaired) electrons. The molecule has 2 aromatic rings. The fraction of sp³-hybridized carbons (Fsp3) is 0.278. The number of benzene rings is 2. The first-order chi connectivity index (χ1) is 10.7. The fourth-order valence-electron chi connectivity index (χ4n) is 2.19. The predicted octanol–water partition coefficient (Wildman–Crippen LogP) is 4.32. The molecule has 2 amide bonds. The molecule has 2 N–H and O–H groups in total. The van der Waals surface area contributed by atoms with Crippen LogP contribution < -0.4 is 15.4 Å². The number of ether oxygens (including phenoxy) is 1. The molecule has 0 spiro atoms. The van der Waals surface area contributed by atoms with E-state index in [-0.39, 0.29) is 6.03 Å². The van der Waals surface area contributed by atoms with Crippen LogP contribution in [0.5, 0.6) is 11.5 Å². The zero-order valence-corrected chi connectivity index (χ0v) is 12.6. The molecule has 22 heavy (non-hydrogen) atoms. The number of urea groups is 1. The number of hydrogen-bond donors (Lipinski definition) is 2. The third-order valence-electron chi connectivity index (χ3n) is 3.60. The molecule has 0 bridgehead atoms. The van der Waals surface area contributed by atoms with Crippen molar-refractivity contribution in [2.75, 3.05) is 11.9 Å². The topological polar surface area (TPSA) is 50.4 Å². The zero-order chi connectivity index (χ0) is 15.4. The van der Waals surface area contributed by atoms with Crippen LogP contribution in [0.4, 0.5) is 10.5 Å². The van der Waals surface area contributed by atoms with E-state index in [1.807, 2.05) is 55.5 Å². The van der Waals surface area contributed by atoms with Crippen LogP contribution in [-0.4, -0.2) is 12.6 Å². The van der Waals surface area contributed by atoms with Crippen LogP contribution >= 0.6 is 0 Å². The largest absolute Gasteiger partial charge is 0.455 e. The third-order valence-corrected chi connectivity index (χ3v) is 3.60. The maximum absolute atomic E-state index is 11.9. The second kappa shape index (κ2) is 6.52. The standard InChI is InChI=1S/C18H20N2O2/c1-13-5-4-6-15(11-13)22-17-8-3-2-7-16(17)20-18(21)19-12-14-9-10-14/h2-8,11,14H,9-10,12H2,1H3,(H2,19,20,21). The number of carbonyl (C=O) groups excluding carboxylic acids is 1.